The number of carbonyl (C=O) groups excluding carboxylic acids is 1. The first-order valence-corrected chi connectivity index (χ1v) is 7.64. The van der Waals surface area contributed by atoms with E-state index in [4.69, 9.17) is 0 Å². The highest BCUT2D eigenvalue weighted by Gasteiger charge is 2.27. The highest BCUT2D eigenvalue weighted by Crippen LogP contribution is 2.23. The van der Waals surface area contributed by atoms with Crippen molar-refractivity contribution in [1.82, 2.24) is 4.90 Å². The lowest BCUT2D eigenvalue weighted by molar-refractivity contribution is -0.134. The minimum Gasteiger partial charge on any atom is -0.396 e. The smallest absolute Gasteiger partial charge is 0.229 e. The van der Waals surface area contributed by atoms with E-state index in [1.807, 2.05) is 11.8 Å². The number of amides is 1. The number of piperidine rings is 1. The molecule has 0 saturated carbocycles. The zero-order valence-corrected chi connectivity index (χ0v) is 12.5. The number of aryl methyl sites for hydroxylation is 1. The zero-order chi connectivity index (χ0) is 14.5. The summed E-state index contributed by atoms with van der Waals surface area (Å²) >= 11 is 0. The Hall–Kier alpha value is -1.35. The van der Waals surface area contributed by atoms with Gasteiger partial charge in [-0.05, 0) is 43.2 Å². The van der Waals surface area contributed by atoms with E-state index in [0.717, 1.165) is 31.4 Å². The molecule has 1 heterocycles. The summed E-state index contributed by atoms with van der Waals surface area (Å²) in [5.74, 6) is 0.341. The summed E-state index contributed by atoms with van der Waals surface area (Å²) < 4.78 is 0. The van der Waals surface area contributed by atoms with Crippen molar-refractivity contribution in [1.29, 1.82) is 0 Å². The number of aliphatic hydroxyl groups is 1. The van der Waals surface area contributed by atoms with Crippen LogP contribution in [-0.2, 0) is 11.2 Å². The average molecular weight is 275 g/mol. The Morgan fingerprint density at radius 1 is 1.40 bits per heavy atom. The van der Waals surface area contributed by atoms with Gasteiger partial charge in [0.2, 0.25) is 5.91 Å². The fourth-order valence-corrected chi connectivity index (χ4v) is 2.87. The molecule has 2 unspecified atom stereocenters. The maximum absolute atomic E-state index is 12.6. The molecule has 0 bridgehead atoms. The summed E-state index contributed by atoms with van der Waals surface area (Å²) in [5, 5.41) is 9.27. The molecule has 1 aliphatic heterocycles. The normalized spacial score (nSPS) is 20.8. The predicted octanol–water partition coefficient (Wildman–Crippen LogP) is 2.58. The summed E-state index contributed by atoms with van der Waals surface area (Å²) in [4.78, 5) is 14.5. The number of benzene rings is 1. The summed E-state index contributed by atoms with van der Waals surface area (Å²) in [7, 11) is 0. The van der Waals surface area contributed by atoms with E-state index >= 15 is 0 Å². The van der Waals surface area contributed by atoms with Crippen molar-refractivity contribution in [2.75, 3.05) is 19.7 Å². The van der Waals surface area contributed by atoms with E-state index in [1.54, 1.807) is 0 Å². The van der Waals surface area contributed by atoms with Crippen LogP contribution in [0.2, 0.25) is 0 Å². The molecule has 2 rings (SSSR count). The Kier molecular flexibility index (Phi) is 5.18. The Labute approximate surface area is 121 Å². The van der Waals surface area contributed by atoms with Crippen molar-refractivity contribution >= 4 is 5.91 Å². The summed E-state index contributed by atoms with van der Waals surface area (Å²) in [5.41, 5.74) is 2.38. The van der Waals surface area contributed by atoms with Gasteiger partial charge in [0.25, 0.3) is 0 Å². The first-order valence-electron chi connectivity index (χ1n) is 7.64. The topological polar surface area (TPSA) is 40.5 Å². The van der Waals surface area contributed by atoms with Gasteiger partial charge >= 0.3 is 0 Å². The quantitative estimate of drug-likeness (QED) is 0.917. The summed E-state index contributed by atoms with van der Waals surface area (Å²) in [6, 6.07) is 8.33. The Morgan fingerprint density at radius 3 is 2.70 bits per heavy atom. The summed E-state index contributed by atoms with van der Waals surface area (Å²) in [6.45, 7) is 5.82. The van der Waals surface area contributed by atoms with Crippen molar-refractivity contribution in [2.45, 2.75) is 39.0 Å². The molecule has 0 spiro atoms. The average Bonchev–Trinajstić information content (AvgIpc) is 2.53. The molecule has 0 aromatic heterocycles. The van der Waals surface area contributed by atoms with Crippen molar-refractivity contribution in [3.63, 3.8) is 0 Å². The van der Waals surface area contributed by atoms with Crippen molar-refractivity contribution in [2.24, 2.45) is 5.92 Å². The number of carbonyl (C=O) groups is 1. The molecule has 1 aromatic rings. The highest BCUT2D eigenvalue weighted by molar-refractivity contribution is 5.83. The van der Waals surface area contributed by atoms with E-state index in [-0.39, 0.29) is 24.3 Å². The SMILES string of the molecule is CCc1ccc(C(C)C(=O)N2CCCC(CO)C2)cc1. The third-order valence-corrected chi connectivity index (χ3v) is 4.35. The van der Waals surface area contributed by atoms with Crippen LogP contribution in [0.5, 0.6) is 0 Å². The van der Waals surface area contributed by atoms with Gasteiger partial charge in [-0.15, -0.1) is 0 Å². The largest absolute Gasteiger partial charge is 0.396 e. The van der Waals surface area contributed by atoms with Crippen LogP contribution >= 0.6 is 0 Å². The molecule has 1 aliphatic rings. The van der Waals surface area contributed by atoms with Gasteiger partial charge in [-0.3, -0.25) is 4.79 Å². The van der Waals surface area contributed by atoms with Gasteiger partial charge in [0, 0.05) is 19.7 Å². The second-order valence-corrected chi connectivity index (χ2v) is 5.79. The maximum atomic E-state index is 12.6. The Bertz CT molecular complexity index is 441. The molecule has 0 radical (unpaired) electrons. The van der Waals surface area contributed by atoms with Gasteiger partial charge in [0.1, 0.15) is 0 Å². The molecular weight excluding hydrogens is 250 g/mol. The summed E-state index contributed by atoms with van der Waals surface area (Å²) in [6.07, 6.45) is 3.05. The molecule has 110 valence electrons. The van der Waals surface area contributed by atoms with E-state index < -0.39 is 0 Å². The first-order chi connectivity index (χ1) is 9.65. The molecule has 1 fully saturated rings. The molecule has 3 nitrogen and oxygen atoms in total. The number of hydrogen-bond donors (Lipinski definition) is 1. The minimum absolute atomic E-state index is 0.0988. The van der Waals surface area contributed by atoms with Crippen molar-refractivity contribution in [3.8, 4) is 0 Å². The molecule has 2 atom stereocenters. The molecule has 20 heavy (non-hydrogen) atoms. The van der Waals surface area contributed by atoms with Crippen LogP contribution < -0.4 is 0 Å². The van der Waals surface area contributed by atoms with Crippen LogP contribution in [0.3, 0.4) is 0 Å². The van der Waals surface area contributed by atoms with Crippen LogP contribution in [-0.4, -0.2) is 35.6 Å². The van der Waals surface area contributed by atoms with Crippen molar-refractivity contribution < 1.29 is 9.90 Å². The molecule has 1 aromatic carbocycles. The van der Waals surface area contributed by atoms with Crippen LogP contribution in [0, 0.1) is 5.92 Å². The third-order valence-electron chi connectivity index (χ3n) is 4.35. The second-order valence-electron chi connectivity index (χ2n) is 5.79. The third kappa shape index (κ3) is 3.40. The molecule has 1 N–H and O–H groups in total. The van der Waals surface area contributed by atoms with E-state index in [0.29, 0.717) is 6.54 Å². The lowest BCUT2D eigenvalue weighted by Gasteiger charge is -2.33. The molecule has 0 aliphatic carbocycles. The minimum atomic E-state index is -0.0988. The monoisotopic (exact) mass is 275 g/mol. The molecule has 1 saturated heterocycles. The molecule has 3 heteroatoms. The number of nitrogens with zero attached hydrogens (tertiary/aromatic N) is 1. The number of hydrogen-bond acceptors (Lipinski definition) is 2. The van der Waals surface area contributed by atoms with Crippen LogP contribution in [0.15, 0.2) is 24.3 Å². The fourth-order valence-electron chi connectivity index (χ4n) is 2.87. The standard InChI is InChI=1S/C17H25NO2/c1-3-14-6-8-16(9-7-14)13(2)17(20)18-10-4-5-15(11-18)12-19/h6-9,13,15,19H,3-5,10-12H2,1-2H3. The Morgan fingerprint density at radius 2 is 2.10 bits per heavy atom. The van der Waals surface area contributed by atoms with Gasteiger partial charge < -0.3 is 10.0 Å². The van der Waals surface area contributed by atoms with Crippen LogP contribution in [0.4, 0.5) is 0 Å². The van der Waals surface area contributed by atoms with E-state index in [1.165, 1.54) is 5.56 Å². The van der Waals surface area contributed by atoms with Gasteiger partial charge in [-0.25, -0.2) is 0 Å². The Balaban J connectivity index is 2.03. The van der Waals surface area contributed by atoms with Gasteiger partial charge in [-0.1, -0.05) is 31.2 Å². The zero-order valence-electron chi connectivity index (χ0n) is 12.5. The van der Waals surface area contributed by atoms with Gasteiger partial charge in [0.15, 0.2) is 0 Å². The van der Waals surface area contributed by atoms with E-state index in [9.17, 15) is 9.90 Å². The van der Waals surface area contributed by atoms with Crippen LogP contribution in [0.1, 0.15) is 43.7 Å². The van der Waals surface area contributed by atoms with Gasteiger partial charge in [0.05, 0.1) is 5.92 Å². The first kappa shape index (κ1) is 15.0. The lowest BCUT2D eigenvalue weighted by Crippen LogP contribution is -2.42. The number of likely N-dealkylation sites (tertiary alicyclic amines) is 1. The fraction of sp³-hybridized carbons (Fsp3) is 0.588. The van der Waals surface area contributed by atoms with E-state index in [2.05, 4.69) is 31.2 Å². The van der Waals surface area contributed by atoms with Crippen LogP contribution in [0.25, 0.3) is 0 Å². The predicted molar refractivity (Wildman–Crippen MR) is 80.6 cm³/mol. The molecular formula is C17H25NO2. The highest BCUT2D eigenvalue weighted by atomic mass is 16.3. The number of aliphatic hydroxyl groups excluding tert-OH is 1. The van der Waals surface area contributed by atoms with Crippen molar-refractivity contribution in [3.05, 3.63) is 35.4 Å². The second kappa shape index (κ2) is 6.89. The molecule has 1 amide bonds. The lowest BCUT2D eigenvalue weighted by atomic mass is 9.94. The number of rotatable bonds is 4. The maximum Gasteiger partial charge on any atom is 0.229 e. The van der Waals surface area contributed by atoms with Gasteiger partial charge in [-0.2, -0.15) is 0 Å².